The van der Waals surface area contributed by atoms with Gasteiger partial charge in [-0.3, -0.25) is 4.79 Å². The van der Waals surface area contributed by atoms with E-state index in [-0.39, 0.29) is 24.1 Å². The fourth-order valence-corrected chi connectivity index (χ4v) is 2.33. The molecule has 0 aromatic heterocycles. The first-order valence-electron chi connectivity index (χ1n) is 6.37. The van der Waals surface area contributed by atoms with Crippen molar-refractivity contribution in [2.75, 3.05) is 6.79 Å². The molecule has 2 aromatic carbocycles. The molecule has 0 spiro atoms. The van der Waals surface area contributed by atoms with Crippen LogP contribution in [0.1, 0.15) is 15.9 Å². The van der Waals surface area contributed by atoms with Crippen LogP contribution in [0.3, 0.4) is 0 Å². The van der Waals surface area contributed by atoms with Gasteiger partial charge in [0, 0.05) is 6.07 Å². The van der Waals surface area contributed by atoms with E-state index in [1.807, 2.05) is 6.07 Å². The summed E-state index contributed by atoms with van der Waals surface area (Å²) in [6.45, 7) is 0.204. The number of carbonyl (C=O) groups excluding carboxylic acids is 1. The number of fused-ring (bicyclic) bond motifs is 2. The summed E-state index contributed by atoms with van der Waals surface area (Å²) in [4.78, 5) is 12.2. The fourth-order valence-electron chi connectivity index (χ4n) is 2.33. The number of rotatable bonds is 1. The molecular formula is C16H10O5. The molecule has 0 aliphatic carbocycles. The maximum absolute atomic E-state index is 12.2. The number of ether oxygens (including phenoxy) is 3. The van der Waals surface area contributed by atoms with E-state index in [1.54, 1.807) is 24.3 Å². The Hall–Kier alpha value is -2.95. The van der Waals surface area contributed by atoms with Crippen LogP contribution in [0.5, 0.6) is 23.0 Å². The molecule has 0 fully saturated rings. The fraction of sp³-hybridized carbons (Fsp3) is 0.0625. The summed E-state index contributed by atoms with van der Waals surface area (Å²) in [6.07, 6.45) is 1.64. The zero-order chi connectivity index (χ0) is 14.4. The van der Waals surface area contributed by atoms with Gasteiger partial charge in [-0.15, -0.1) is 0 Å². The molecule has 4 rings (SSSR count). The maximum Gasteiger partial charge on any atom is 0.231 e. The van der Waals surface area contributed by atoms with Gasteiger partial charge < -0.3 is 19.3 Å². The van der Waals surface area contributed by atoms with Crippen molar-refractivity contribution in [2.45, 2.75) is 0 Å². The van der Waals surface area contributed by atoms with Gasteiger partial charge in [-0.25, -0.2) is 0 Å². The zero-order valence-electron chi connectivity index (χ0n) is 10.8. The molecule has 0 unspecified atom stereocenters. The largest absolute Gasteiger partial charge is 0.508 e. The molecular weight excluding hydrogens is 272 g/mol. The van der Waals surface area contributed by atoms with Crippen LogP contribution in [-0.4, -0.2) is 17.7 Å². The van der Waals surface area contributed by atoms with Crippen LogP contribution in [0.15, 0.2) is 42.2 Å². The average Bonchev–Trinajstić information content (AvgIpc) is 3.04. The lowest BCUT2D eigenvalue weighted by atomic mass is 10.1. The quantitative estimate of drug-likeness (QED) is 0.815. The van der Waals surface area contributed by atoms with Crippen LogP contribution < -0.4 is 14.2 Å². The molecule has 0 bridgehead atoms. The lowest BCUT2D eigenvalue weighted by molar-refractivity contribution is 0.101. The Morgan fingerprint density at radius 3 is 2.76 bits per heavy atom. The summed E-state index contributed by atoms with van der Waals surface area (Å²) in [5, 5.41) is 9.42. The summed E-state index contributed by atoms with van der Waals surface area (Å²) in [6, 6.07) is 9.82. The van der Waals surface area contributed by atoms with Crippen LogP contribution in [0.25, 0.3) is 6.08 Å². The van der Waals surface area contributed by atoms with E-state index in [2.05, 4.69) is 0 Å². The van der Waals surface area contributed by atoms with Crippen molar-refractivity contribution in [3.05, 3.63) is 53.3 Å². The van der Waals surface area contributed by atoms with Crippen LogP contribution in [0, 0.1) is 0 Å². The Bertz CT molecular complexity index is 791. The third-order valence-electron chi connectivity index (χ3n) is 3.35. The van der Waals surface area contributed by atoms with Crippen molar-refractivity contribution in [1.29, 1.82) is 0 Å². The third kappa shape index (κ3) is 1.90. The summed E-state index contributed by atoms with van der Waals surface area (Å²) in [7, 11) is 0. The molecule has 1 N–H and O–H groups in total. The number of ketones is 1. The first kappa shape index (κ1) is 11.8. The van der Waals surface area contributed by atoms with Crippen LogP contribution >= 0.6 is 0 Å². The standard InChI is InChI=1S/C16H10O5/c17-10-2-3-11-13(7-10)21-15(16(11)18)6-9-1-4-12-14(5-9)20-8-19-12/h1-7,17H,8H2/b15-6-. The van der Waals surface area contributed by atoms with Gasteiger partial charge in [0.1, 0.15) is 11.5 Å². The summed E-state index contributed by atoms with van der Waals surface area (Å²) in [5.41, 5.74) is 1.22. The molecule has 5 heteroatoms. The molecule has 0 atom stereocenters. The summed E-state index contributed by atoms with van der Waals surface area (Å²) < 4.78 is 16.0. The van der Waals surface area contributed by atoms with Gasteiger partial charge in [-0.2, -0.15) is 0 Å². The number of allylic oxidation sites excluding steroid dienone is 1. The monoisotopic (exact) mass is 282 g/mol. The Labute approximate surface area is 120 Å². The van der Waals surface area contributed by atoms with Crippen LogP contribution in [-0.2, 0) is 0 Å². The Kier molecular flexibility index (Phi) is 2.41. The number of phenolic OH excluding ortho intramolecular Hbond substituents is 1. The number of hydrogen-bond donors (Lipinski definition) is 1. The van der Waals surface area contributed by atoms with Crippen molar-refractivity contribution >= 4 is 11.9 Å². The van der Waals surface area contributed by atoms with Gasteiger partial charge in [-0.05, 0) is 35.9 Å². The van der Waals surface area contributed by atoms with Crippen molar-refractivity contribution in [3.63, 3.8) is 0 Å². The highest BCUT2D eigenvalue weighted by molar-refractivity contribution is 6.14. The molecule has 0 radical (unpaired) electrons. The second-order valence-electron chi connectivity index (χ2n) is 4.73. The minimum Gasteiger partial charge on any atom is -0.508 e. The number of hydrogen-bond acceptors (Lipinski definition) is 5. The van der Waals surface area contributed by atoms with Gasteiger partial charge >= 0.3 is 0 Å². The minimum absolute atomic E-state index is 0.0610. The van der Waals surface area contributed by atoms with E-state index in [9.17, 15) is 9.90 Å². The van der Waals surface area contributed by atoms with Gasteiger partial charge in [0.25, 0.3) is 0 Å². The molecule has 0 amide bonds. The number of aromatic hydroxyl groups is 1. The molecule has 2 aliphatic rings. The molecule has 5 nitrogen and oxygen atoms in total. The topological polar surface area (TPSA) is 65.0 Å². The number of benzene rings is 2. The van der Waals surface area contributed by atoms with E-state index in [0.717, 1.165) is 5.56 Å². The van der Waals surface area contributed by atoms with Gasteiger partial charge in [0.2, 0.25) is 12.6 Å². The lowest BCUT2D eigenvalue weighted by Crippen LogP contribution is -1.97. The first-order chi connectivity index (χ1) is 10.2. The minimum atomic E-state index is -0.206. The maximum atomic E-state index is 12.2. The number of carbonyl (C=O) groups is 1. The highest BCUT2D eigenvalue weighted by Crippen LogP contribution is 2.36. The number of Topliss-reactive ketones (excluding diaryl/α,β-unsaturated/α-hetero) is 1. The predicted octanol–water partition coefficient (Wildman–Crippen LogP) is 2.74. The van der Waals surface area contributed by atoms with Gasteiger partial charge in [-0.1, -0.05) is 6.07 Å². The summed E-state index contributed by atoms with van der Waals surface area (Å²) >= 11 is 0. The van der Waals surface area contributed by atoms with Crippen molar-refractivity contribution in [1.82, 2.24) is 0 Å². The van der Waals surface area contributed by atoms with E-state index in [4.69, 9.17) is 14.2 Å². The Morgan fingerprint density at radius 1 is 1.00 bits per heavy atom. The van der Waals surface area contributed by atoms with Crippen molar-refractivity contribution in [3.8, 4) is 23.0 Å². The molecule has 0 saturated heterocycles. The molecule has 2 aliphatic heterocycles. The zero-order valence-corrected chi connectivity index (χ0v) is 10.8. The molecule has 104 valence electrons. The van der Waals surface area contributed by atoms with Gasteiger partial charge in [0.05, 0.1) is 5.56 Å². The van der Waals surface area contributed by atoms with E-state index < -0.39 is 0 Å². The Balaban J connectivity index is 1.70. The predicted molar refractivity (Wildman–Crippen MR) is 73.6 cm³/mol. The van der Waals surface area contributed by atoms with Crippen LogP contribution in [0.2, 0.25) is 0 Å². The average molecular weight is 282 g/mol. The van der Waals surface area contributed by atoms with E-state index >= 15 is 0 Å². The van der Waals surface area contributed by atoms with Crippen LogP contribution in [0.4, 0.5) is 0 Å². The lowest BCUT2D eigenvalue weighted by Gasteiger charge is -2.00. The molecule has 21 heavy (non-hydrogen) atoms. The van der Waals surface area contributed by atoms with Gasteiger partial charge in [0.15, 0.2) is 17.3 Å². The van der Waals surface area contributed by atoms with Crippen molar-refractivity contribution in [2.24, 2.45) is 0 Å². The second kappa shape index (κ2) is 4.28. The number of phenols is 1. The van der Waals surface area contributed by atoms with E-state index in [0.29, 0.717) is 22.8 Å². The SMILES string of the molecule is O=C1/C(=C/c2ccc3c(c2)OCO3)Oc2cc(O)ccc21. The highest BCUT2D eigenvalue weighted by atomic mass is 16.7. The molecule has 2 aromatic rings. The van der Waals surface area contributed by atoms with E-state index in [1.165, 1.54) is 12.1 Å². The highest BCUT2D eigenvalue weighted by Gasteiger charge is 2.27. The second-order valence-corrected chi connectivity index (χ2v) is 4.73. The third-order valence-corrected chi connectivity index (χ3v) is 3.35. The molecule has 0 saturated carbocycles. The molecule has 2 heterocycles. The first-order valence-corrected chi connectivity index (χ1v) is 6.37. The Morgan fingerprint density at radius 2 is 1.86 bits per heavy atom. The smallest absolute Gasteiger partial charge is 0.231 e. The van der Waals surface area contributed by atoms with Crippen molar-refractivity contribution < 1.29 is 24.1 Å². The summed E-state index contributed by atoms with van der Waals surface area (Å²) in [5.74, 6) is 1.77. The normalized spacial score (nSPS) is 17.0.